The van der Waals surface area contributed by atoms with E-state index in [1.54, 1.807) is 0 Å². The molecule has 0 atom stereocenters. The van der Waals surface area contributed by atoms with E-state index in [1.807, 2.05) is 0 Å². The molecule has 0 aromatic heterocycles. The van der Waals surface area contributed by atoms with E-state index in [4.69, 9.17) is 0 Å². The van der Waals surface area contributed by atoms with Gasteiger partial charge in [-0.05, 0) is 25.7 Å². The molecule has 3 radical (unpaired) electrons. The Bertz CT molecular complexity index is 262. The first-order chi connectivity index (χ1) is 12.5. The number of rotatable bonds is 15. The first-order valence-corrected chi connectivity index (χ1v) is 10.6. The molecule has 0 aromatic rings. The van der Waals surface area contributed by atoms with Crippen LogP contribution in [0.1, 0.15) is 125 Å². The molecule has 0 N–H and O–H groups in total. The molecule has 4 nitrogen and oxygen atoms in total. The van der Waals surface area contributed by atoms with Crippen molar-refractivity contribution in [3.8, 4) is 0 Å². The molecule has 0 aliphatic heterocycles. The molecule has 0 fully saturated rings. The summed E-state index contributed by atoms with van der Waals surface area (Å²) in [6.45, 7) is 10.2. The van der Waals surface area contributed by atoms with E-state index < -0.39 is 11.9 Å². The fourth-order valence-corrected chi connectivity index (χ4v) is 2.17. The van der Waals surface area contributed by atoms with Gasteiger partial charge in [-0.3, -0.25) is 0 Å². The van der Waals surface area contributed by atoms with E-state index in [1.165, 1.54) is 32.1 Å². The van der Waals surface area contributed by atoms with Crippen molar-refractivity contribution < 1.29 is 21.2 Å². The first-order valence-electron chi connectivity index (χ1n) is 10.6. The Hall–Kier alpha value is -0.261. The summed E-state index contributed by atoms with van der Waals surface area (Å²) < 4.78 is 0. The average Bonchev–Trinajstić information content (AvgIpc) is 2.60. The molecule has 0 saturated heterocycles. The van der Waals surface area contributed by atoms with Crippen molar-refractivity contribution in [1.82, 2.24) is 0 Å². The normalized spacial score (nSPS) is 9.19. The molecule has 5 heteroatoms. The van der Waals surface area contributed by atoms with Crippen LogP contribution < -0.4 is 10.2 Å². The molecular weight excluding hydrogens is 447 g/mol. The van der Waals surface area contributed by atoms with Crippen molar-refractivity contribution in [2.75, 3.05) is 0 Å². The summed E-state index contributed by atoms with van der Waals surface area (Å²) in [6, 6.07) is 0. The van der Waals surface area contributed by atoms with Crippen LogP contribution in [0.25, 0.3) is 0 Å². The number of carboxylic acids is 2. The minimum atomic E-state index is -0.925. The number of carboxylic acid groups (broad SMARTS) is 2. The molecule has 0 amide bonds. The van der Waals surface area contributed by atoms with Crippen molar-refractivity contribution in [3.63, 3.8) is 0 Å². The van der Waals surface area contributed by atoms with Crippen molar-refractivity contribution in [2.24, 2.45) is 0 Å². The Morgan fingerprint density at radius 3 is 1.19 bits per heavy atom. The predicted octanol–water partition coefficient (Wildman–Crippen LogP) is 4.46. The Kier molecular flexibility index (Phi) is 42.3. The van der Waals surface area contributed by atoms with Crippen LogP contribution in [0.2, 0.25) is 0 Å². The molecular formula is C22H45O4Sn. The fraction of sp³-hybridized carbons (Fsp3) is 0.864. The first kappa shape index (κ1) is 34.3. The van der Waals surface area contributed by atoms with Crippen molar-refractivity contribution in [3.05, 3.63) is 6.92 Å². The topological polar surface area (TPSA) is 80.3 Å². The zero-order valence-corrected chi connectivity index (χ0v) is 21.0. The van der Waals surface area contributed by atoms with Crippen molar-refractivity contribution in [2.45, 2.75) is 124 Å². The molecule has 161 valence electrons. The minimum Gasteiger partial charge on any atom is -0.550 e. The van der Waals surface area contributed by atoms with E-state index >= 15 is 0 Å². The molecule has 0 saturated carbocycles. The second-order valence-electron chi connectivity index (χ2n) is 6.63. The van der Waals surface area contributed by atoms with Gasteiger partial charge in [-0.25, -0.2) is 0 Å². The van der Waals surface area contributed by atoms with E-state index in [0.29, 0.717) is 0 Å². The van der Waals surface area contributed by atoms with E-state index in [0.717, 1.165) is 57.8 Å². The van der Waals surface area contributed by atoms with Gasteiger partial charge in [0.05, 0.1) is 0 Å². The summed E-state index contributed by atoms with van der Waals surface area (Å²) in [4.78, 5) is 19.7. The maximum absolute atomic E-state index is 9.85. The number of hydrogen-bond acceptors (Lipinski definition) is 4. The number of aliphatic carboxylic acids is 2. The Balaban J connectivity index is -0.0000000914. The van der Waals surface area contributed by atoms with Crippen molar-refractivity contribution in [1.29, 1.82) is 0 Å². The quantitative estimate of drug-likeness (QED) is 0.250. The van der Waals surface area contributed by atoms with Crippen LogP contribution in [0.3, 0.4) is 0 Å². The summed E-state index contributed by atoms with van der Waals surface area (Å²) in [5.41, 5.74) is 0. The summed E-state index contributed by atoms with van der Waals surface area (Å²) in [5, 5.41) is 19.7. The van der Waals surface area contributed by atoms with Gasteiger partial charge in [0, 0.05) is 13.4 Å². The molecule has 0 rings (SSSR count). The molecule has 0 aliphatic rings. The van der Waals surface area contributed by atoms with Gasteiger partial charge >= 0.3 is 23.9 Å². The second-order valence-corrected chi connectivity index (χ2v) is 6.63. The monoisotopic (exact) mass is 493 g/mol. The van der Waals surface area contributed by atoms with Crippen LogP contribution in [-0.2, 0) is 9.59 Å². The van der Waals surface area contributed by atoms with Gasteiger partial charge < -0.3 is 19.8 Å². The summed E-state index contributed by atoms with van der Waals surface area (Å²) >= 11 is 0. The molecule has 0 unspecified atom stereocenters. The minimum absolute atomic E-state index is 0. The average molecular weight is 492 g/mol. The third-order valence-corrected chi connectivity index (χ3v) is 3.82. The summed E-state index contributed by atoms with van der Waals surface area (Å²) in [5.74, 6) is -1.85. The Labute approximate surface area is 187 Å². The summed E-state index contributed by atoms with van der Waals surface area (Å²) in [7, 11) is 0. The van der Waals surface area contributed by atoms with Gasteiger partial charge in [-0.15, -0.1) is 0 Å². The predicted molar refractivity (Wildman–Crippen MR) is 114 cm³/mol. The third kappa shape index (κ3) is 51.8. The van der Waals surface area contributed by atoms with Gasteiger partial charge in [0.15, 0.2) is 0 Å². The van der Waals surface area contributed by atoms with Gasteiger partial charge in [0.1, 0.15) is 0 Å². The largest absolute Gasteiger partial charge is 2.00 e. The molecule has 27 heavy (non-hydrogen) atoms. The maximum atomic E-state index is 9.85. The van der Waals surface area contributed by atoms with E-state index in [-0.39, 0.29) is 38.2 Å². The van der Waals surface area contributed by atoms with E-state index in [9.17, 15) is 19.8 Å². The zero-order chi connectivity index (χ0) is 20.5. The number of hydrogen-bond donors (Lipinski definition) is 0. The molecule has 0 aliphatic carbocycles. The molecule has 0 spiro atoms. The van der Waals surface area contributed by atoms with Crippen molar-refractivity contribution >= 4 is 35.8 Å². The van der Waals surface area contributed by atoms with Gasteiger partial charge in [-0.2, -0.15) is 0 Å². The fourth-order valence-electron chi connectivity index (χ4n) is 2.17. The van der Waals surface area contributed by atoms with Crippen LogP contribution in [0.15, 0.2) is 0 Å². The van der Waals surface area contributed by atoms with Gasteiger partial charge in [0.25, 0.3) is 0 Å². The standard InChI is InChI=1S/C8H17.2C7H14O2.Sn.H2/c1-3-5-7-8-6-4-2;2*1-2-3-4-5-6-7(8)9;;/h1,3-8H2,2H3;2*2-6H2,1H3,(H,8,9);;1H/q;;;+2;/p-2. The van der Waals surface area contributed by atoms with Crippen LogP contribution in [0.5, 0.6) is 0 Å². The van der Waals surface area contributed by atoms with Crippen LogP contribution in [-0.4, -0.2) is 35.8 Å². The van der Waals surface area contributed by atoms with E-state index in [2.05, 4.69) is 27.7 Å². The second kappa shape index (κ2) is 33.3. The van der Waals surface area contributed by atoms with Crippen LogP contribution in [0, 0.1) is 6.92 Å². The summed E-state index contributed by atoms with van der Waals surface area (Å²) in [6.07, 6.45) is 16.6. The number of carbonyl (C=O) groups excluding carboxylic acids is 2. The SMILES string of the molecule is CCCCCCC(=O)[O-].CCCCCCC(=O)[O-].[CH2]CCCCCCC.[HH].[Sn+2]. The van der Waals surface area contributed by atoms with Gasteiger partial charge in [-0.1, -0.05) is 105 Å². The van der Waals surface area contributed by atoms with Crippen LogP contribution >= 0.6 is 0 Å². The molecule has 0 heterocycles. The molecule has 0 aromatic carbocycles. The Morgan fingerprint density at radius 1 is 0.630 bits per heavy atom. The third-order valence-electron chi connectivity index (χ3n) is 3.82. The Morgan fingerprint density at radius 2 is 0.926 bits per heavy atom. The molecule has 0 bridgehead atoms. The smallest absolute Gasteiger partial charge is 0.550 e. The zero-order valence-electron chi connectivity index (χ0n) is 18.2. The van der Waals surface area contributed by atoms with Crippen LogP contribution in [0.4, 0.5) is 0 Å². The maximum Gasteiger partial charge on any atom is 2.00 e. The number of carbonyl (C=O) groups is 2. The number of unbranched alkanes of at least 4 members (excludes halogenated alkanes) is 11. The van der Waals surface area contributed by atoms with Gasteiger partial charge in [0.2, 0.25) is 0 Å².